The number of nitrogens with zero attached hydrogens (tertiary/aromatic N) is 2. The summed E-state index contributed by atoms with van der Waals surface area (Å²) in [6.07, 6.45) is 4.15. The maximum absolute atomic E-state index is 12.0. The molecule has 0 saturated heterocycles. The highest BCUT2D eigenvalue weighted by Crippen LogP contribution is 2.09. The molecule has 0 N–H and O–H groups in total. The summed E-state index contributed by atoms with van der Waals surface area (Å²) in [6.45, 7) is 4.46. The van der Waals surface area contributed by atoms with Gasteiger partial charge < -0.3 is 4.57 Å². The standard InChI is InChI=1S/C14H16N2O2/c1-3-8-15-9-10-16(14(18)13(15)17)12-7-5-4-6-11(12)2/h4-7,9-10H,3,8H2,1-2H3. The third-order valence-corrected chi connectivity index (χ3v) is 2.90. The molecule has 0 saturated carbocycles. The van der Waals surface area contributed by atoms with E-state index in [1.54, 1.807) is 12.4 Å². The van der Waals surface area contributed by atoms with Crippen molar-refractivity contribution in [3.05, 3.63) is 62.9 Å². The highest BCUT2D eigenvalue weighted by atomic mass is 16.2. The molecule has 2 rings (SSSR count). The van der Waals surface area contributed by atoms with Gasteiger partial charge in [0.15, 0.2) is 0 Å². The third-order valence-electron chi connectivity index (χ3n) is 2.90. The van der Waals surface area contributed by atoms with Crippen molar-refractivity contribution in [3.8, 4) is 5.69 Å². The van der Waals surface area contributed by atoms with Crippen LogP contribution in [0.4, 0.5) is 0 Å². The van der Waals surface area contributed by atoms with Gasteiger partial charge in [0, 0.05) is 18.9 Å². The second-order valence-corrected chi connectivity index (χ2v) is 4.26. The van der Waals surface area contributed by atoms with Gasteiger partial charge in [0.25, 0.3) is 0 Å². The quantitative estimate of drug-likeness (QED) is 0.772. The van der Waals surface area contributed by atoms with Gasteiger partial charge in [0.1, 0.15) is 0 Å². The number of para-hydroxylation sites is 1. The summed E-state index contributed by atoms with van der Waals surface area (Å²) >= 11 is 0. The summed E-state index contributed by atoms with van der Waals surface area (Å²) in [4.78, 5) is 23.9. The van der Waals surface area contributed by atoms with Crippen molar-refractivity contribution in [1.82, 2.24) is 9.13 Å². The number of rotatable bonds is 3. The van der Waals surface area contributed by atoms with Gasteiger partial charge in [-0.25, -0.2) is 0 Å². The fraction of sp³-hybridized carbons (Fsp3) is 0.286. The normalized spacial score (nSPS) is 10.6. The fourth-order valence-electron chi connectivity index (χ4n) is 1.95. The maximum atomic E-state index is 12.0. The third kappa shape index (κ3) is 2.14. The van der Waals surface area contributed by atoms with Gasteiger partial charge in [-0.2, -0.15) is 0 Å². The fourth-order valence-corrected chi connectivity index (χ4v) is 1.95. The van der Waals surface area contributed by atoms with Crippen LogP contribution < -0.4 is 11.1 Å². The number of benzene rings is 1. The minimum atomic E-state index is -0.500. The predicted molar refractivity (Wildman–Crippen MR) is 71.3 cm³/mol. The molecule has 0 aliphatic rings. The molecule has 0 bridgehead atoms. The van der Waals surface area contributed by atoms with Crippen molar-refractivity contribution in [2.24, 2.45) is 0 Å². The first-order valence-electron chi connectivity index (χ1n) is 6.03. The minimum absolute atomic E-state index is 0.470. The molecule has 0 atom stereocenters. The average Bonchev–Trinajstić information content (AvgIpc) is 2.37. The topological polar surface area (TPSA) is 44.0 Å². The number of aryl methyl sites for hydroxylation is 2. The molecule has 1 aromatic heterocycles. The first-order chi connectivity index (χ1) is 8.65. The van der Waals surface area contributed by atoms with Crippen LogP contribution in [0.5, 0.6) is 0 Å². The average molecular weight is 244 g/mol. The second kappa shape index (κ2) is 5.04. The van der Waals surface area contributed by atoms with Crippen LogP contribution in [0.25, 0.3) is 5.69 Å². The van der Waals surface area contributed by atoms with Crippen molar-refractivity contribution in [2.45, 2.75) is 26.8 Å². The lowest BCUT2D eigenvalue weighted by molar-refractivity contribution is 0.633. The van der Waals surface area contributed by atoms with Crippen molar-refractivity contribution < 1.29 is 0 Å². The van der Waals surface area contributed by atoms with Gasteiger partial charge in [-0.3, -0.25) is 14.2 Å². The molecular weight excluding hydrogens is 228 g/mol. The Morgan fingerprint density at radius 3 is 2.44 bits per heavy atom. The van der Waals surface area contributed by atoms with Gasteiger partial charge in [0.2, 0.25) is 0 Å². The molecule has 0 amide bonds. The lowest BCUT2D eigenvalue weighted by atomic mass is 10.2. The second-order valence-electron chi connectivity index (χ2n) is 4.26. The van der Waals surface area contributed by atoms with Crippen LogP contribution in [0, 0.1) is 6.92 Å². The Hall–Kier alpha value is -2.10. The van der Waals surface area contributed by atoms with Crippen LogP contribution in [0.3, 0.4) is 0 Å². The molecule has 0 unspecified atom stereocenters. The van der Waals surface area contributed by atoms with Crippen molar-refractivity contribution >= 4 is 0 Å². The zero-order valence-electron chi connectivity index (χ0n) is 10.6. The molecule has 0 fully saturated rings. The number of hydrogen-bond donors (Lipinski definition) is 0. The van der Waals surface area contributed by atoms with Gasteiger partial charge in [-0.05, 0) is 25.0 Å². The summed E-state index contributed by atoms with van der Waals surface area (Å²) in [5.74, 6) is 0. The van der Waals surface area contributed by atoms with E-state index in [2.05, 4.69) is 0 Å². The summed E-state index contributed by atoms with van der Waals surface area (Å²) in [5.41, 5.74) is 0.748. The van der Waals surface area contributed by atoms with Crippen LogP contribution in [0.1, 0.15) is 18.9 Å². The molecule has 4 heteroatoms. The van der Waals surface area contributed by atoms with E-state index >= 15 is 0 Å². The molecule has 1 aromatic carbocycles. The van der Waals surface area contributed by atoms with E-state index in [-0.39, 0.29) is 0 Å². The predicted octanol–water partition coefficient (Wildman–Crippen LogP) is 1.72. The van der Waals surface area contributed by atoms with Gasteiger partial charge in [0.05, 0.1) is 5.69 Å². The van der Waals surface area contributed by atoms with Crippen LogP contribution in [0.15, 0.2) is 46.2 Å². The molecular formula is C14H16N2O2. The summed E-state index contributed by atoms with van der Waals surface area (Å²) in [6, 6.07) is 7.51. The molecule has 0 radical (unpaired) electrons. The monoisotopic (exact) mass is 244 g/mol. The molecule has 0 aliphatic heterocycles. The van der Waals surface area contributed by atoms with E-state index < -0.39 is 11.1 Å². The lowest BCUT2D eigenvalue weighted by Gasteiger charge is -2.10. The maximum Gasteiger partial charge on any atom is 0.320 e. The van der Waals surface area contributed by atoms with Crippen molar-refractivity contribution in [3.63, 3.8) is 0 Å². The van der Waals surface area contributed by atoms with Crippen LogP contribution in [0.2, 0.25) is 0 Å². The molecule has 0 aliphatic carbocycles. The Labute approximate surface area is 105 Å². The van der Waals surface area contributed by atoms with Crippen LogP contribution in [-0.2, 0) is 6.54 Å². The zero-order valence-corrected chi connectivity index (χ0v) is 10.6. The van der Waals surface area contributed by atoms with E-state index in [9.17, 15) is 9.59 Å². The minimum Gasteiger partial charge on any atom is -0.309 e. The number of hydrogen-bond acceptors (Lipinski definition) is 2. The van der Waals surface area contributed by atoms with Gasteiger partial charge >= 0.3 is 11.1 Å². The molecule has 18 heavy (non-hydrogen) atoms. The molecule has 4 nitrogen and oxygen atoms in total. The zero-order chi connectivity index (χ0) is 13.1. The first kappa shape index (κ1) is 12.4. The smallest absolute Gasteiger partial charge is 0.309 e. The van der Waals surface area contributed by atoms with Crippen molar-refractivity contribution in [1.29, 1.82) is 0 Å². The molecule has 0 spiro atoms. The largest absolute Gasteiger partial charge is 0.320 e. The van der Waals surface area contributed by atoms with E-state index in [1.165, 1.54) is 9.13 Å². The Balaban J connectivity index is 2.62. The number of aromatic nitrogens is 2. The summed E-state index contributed by atoms with van der Waals surface area (Å²) < 4.78 is 2.86. The van der Waals surface area contributed by atoms with Crippen LogP contribution >= 0.6 is 0 Å². The van der Waals surface area contributed by atoms with E-state index in [4.69, 9.17) is 0 Å². The SMILES string of the molecule is CCCn1ccn(-c2ccccc2C)c(=O)c1=O. The summed E-state index contributed by atoms with van der Waals surface area (Å²) in [5, 5.41) is 0. The van der Waals surface area contributed by atoms with Gasteiger partial charge in [-0.1, -0.05) is 25.1 Å². The molecule has 94 valence electrons. The van der Waals surface area contributed by atoms with E-state index in [0.29, 0.717) is 6.54 Å². The van der Waals surface area contributed by atoms with Crippen molar-refractivity contribution in [2.75, 3.05) is 0 Å². The molecule has 1 heterocycles. The lowest BCUT2D eigenvalue weighted by Crippen LogP contribution is -2.40. The summed E-state index contributed by atoms with van der Waals surface area (Å²) in [7, 11) is 0. The van der Waals surface area contributed by atoms with Gasteiger partial charge in [-0.15, -0.1) is 0 Å². The first-order valence-corrected chi connectivity index (χ1v) is 6.03. The van der Waals surface area contributed by atoms with E-state index in [1.807, 2.05) is 38.1 Å². The Bertz CT molecular complexity index is 668. The van der Waals surface area contributed by atoms with E-state index in [0.717, 1.165) is 17.7 Å². The van der Waals surface area contributed by atoms with Crippen LogP contribution in [-0.4, -0.2) is 9.13 Å². The highest BCUT2D eigenvalue weighted by molar-refractivity contribution is 5.39. The Kier molecular flexibility index (Phi) is 3.46. The Morgan fingerprint density at radius 1 is 1.06 bits per heavy atom. The Morgan fingerprint density at radius 2 is 1.78 bits per heavy atom. The molecule has 2 aromatic rings. The highest BCUT2D eigenvalue weighted by Gasteiger charge is 2.07.